The Hall–Kier alpha value is -0.550. The molecule has 0 spiro atoms. The summed E-state index contributed by atoms with van der Waals surface area (Å²) in [4.78, 5) is 15.6. The van der Waals surface area contributed by atoms with Gasteiger partial charge in [0.05, 0.1) is 5.25 Å². The SMILES string of the molecule is O=C(Nc1nccs1)C1CCCS1. The monoisotopic (exact) mass is 214 g/mol. The summed E-state index contributed by atoms with van der Waals surface area (Å²) in [6.45, 7) is 0. The highest BCUT2D eigenvalue weighted by Gasteiger charge is 2.23. The van der Waals surface area contributed by atoms with Gasteiger partial charge in [-0.15, -0.1) is 23.1 Å². The van der Waals surface area contributed by atoms with Crippen LogP contribution in [0.15, 0.2) is 11.6 Å². The second-order valence-electron chi connectivity index (χ2n) is 2.83. The van der Waals surface area contributed by atoms with Crippen molar-refractivity contribution in [1.82, 2.24) is 4.98 Å². The van der Waals surface area contributed by atoms with Gasteiger partial charge in [-0.1, -0.05) is 0 Å². The predicted molar refractivity (Wildman–Crippen MR) is 56.2 cm³/mol. The highest BCUT2D eigenvalue weighted by atomic mass is 32.2. The molecule has 0 aliphatic carbocycles. The molecule has 0 saturated carbocycles. The van der Waals surface area contributed by atoms with E-state index in [2.05, 4.69) is 10.3 Å². The molecule has 13 heavy (non-hydrogen) atoms. The van der Waals surface area contributed by atoms with Crippen LogP contribution in [0.1, 0.15) is 12.8 Å². The molecule has 1 amide bonds. The van der Waals surface area contributed by atoms with Crippen LogP contribution in [0.3, 0.4) is 0 Å². The second kappa shape index (κ2) is 4.11. The average Bonchev–Trinajstić information content (AvgIpc) is 2.74. The van der Waals surface area contributed by atoms with Crippen molar-refractivity contribution in [3.8, 4) is 0 Å². The third kappa shape index (κ3) is 2.22. The zero-order valence-corrected chi connectivity index (χ0v) is 8.66. The molecule has 0 bridgehead atoms. The van der Waals surface area contributed by atoms with Crippen LogP contribution in [0.5, 0.6) is 0 Å². The van der Waals surface area contributed by atoms with Crippen molar-refractivity contribution in [3.05, 3.63) is 11.6 Å². The zero-order valence-electron chi connectivity index (χ0n) is 7.03. The number of thioether (sulfide) groups is 1. The number of hydrogen-bond donors (Lipinski definition) is 1. The van der Waals surface area contributed by atoms with Crippen molar-refractivity contribution < 1.29 is 4.79 Å². The van der Waals surface area contributed by atoms with Crippen LogP contribution in [0.2, 0.25) is 0 Å². The first-order chi connectivity index (χ1) is 6.36. The number of amides is 1. The number of thiazole rings is 1. The lowest BCUT2D eigenvalue weighted by molar-refractivity contribution is -0.115. The fourth-order valence-corrected chi connectivity index (χ4v) is 2.95. The third-order valence-electron chi connectivity index (χ3n) is 1.88. The van der Waals surface area contributed by atoms with E-state index in [1.807, 2.05) is 5.38 Å². The Labute approximate surface area is 84.9 Å². The molecule has 1 N–H and O–H groups in total. The maximum atomic E-state index is 11.5. The van der Waals surface area contributed by atoms with Gasteiger partial charge in [-0.3, -0.25) is 4.79 Å². The number of aromatic nitrogens is 1. The van der Waals surface area contributed by atoms with Crippen molar-refractivity contribution in [2.45, 2.75) is 18.1 Å². The molecule has 1 aliphatic heterocycles. The van der Waals surface area contributed by atoms with E-state index in [9.17, 15) is 4.79 Å². The quantitative estimate of drug-likeness (QED) is 0.818. The highest BCUT2D eigenvalue weighted by molar-refractivity contribution is 8.00. The number of anilines is 1. The molecule has 1 atom stereocenters. The normalized spacial score (nSPS) is 21.7. The van der Waals surface area contributed by atoms with E-state index in [0.29, 0.717) is 5.13 Å². The van der Waals surface area contributed by atoms with Crippen molar-refractivity contribution in [2.24, 2.45) is 0 Å². The Morgan fingerprint density at radius 1 is 1.69 bits per heavy atom. The Morgan fingerprint density at radius 2 is 2.62 bits per heavy atom. The molecule has 0 radical (unpaired) electrons. The molecular weight excluding hydrogens is 204 g/mol. The van der Waals surface area contributed by atoms with Crippen LogP contribution in [0.25, 0.3) is 0 Å². The number of carbonyl (C=O) groups is 1. The smallest absolute Gasteiger partial charge is 0.239 e. The maximum absolute atomic E-state index is 11.5. The Kier molecular flexibility index (Phi) is 2.85. The number of carbonyl (C=O) groups excluding carboxylic acids is 1. The van der Waals surface area contributed by atoms with Crippen molar-refractivity contribution >= 4 is 34.1 Å². The van der Waals surface area contributed by atoms with Gasteiger partial charge in [-0.2, -0.15) is 0 Å². The van der Waals surface area contributed by atoms with Gasteiger partial charge in [0, 0.05) is 11.6 Å². The van der Waals surface area contributed by atoms with Crippen molar-refractivity contribution in [2.75, 3.05) is 11.1 Å². The number of nitrogens with one attached hydrogen (secondary N) is 1. The van der Waals surface area contributed by atoms with Gasteiger partial charge in [0.25, 0.3) is 0 Å². The predicted octanol–water partition coefficient (Wildman–Crippen LogP) is 1.98. The summed E-state index contributed by atoms with van der Waals surface area (Å²) < 4.78 is 0. The van der Waals surface area contributed by atoms with E-state index in [-0.39, 0.29) is 11.2 Å². The van der Waals surface area contributed by atoms with E-state index in [4.69, 9.17) is 0 Å². The molecular formula is C8H10N2OS2. The molecule has 70 valence electrons. The van der Waals surface area contributed by atoms with E-state index in [1.54, 1.807) is 18.0 Å². The Bertz CT molecular complexity index is 280. The summed E-state index contributed by atoms with van der Waals surface area (Å²) >= 11 is 3.19. The topological polar surface area (TPSA) is 42.0 Å². The maximum Gasteiger partial charge on any atom is 0.239 e. The molecule has 3 nitrogen and oxygen atoms in total. The summed E-state index contributed by atoms with van der Waals surface area (Å²) in [6.07, 6.45) is 3.85. The standard InChI is InChI=1S/C8H10N2OS2/c11-7(6-2-1-4-12-6)10-8-9-3-5-13-8/h3,5-6H,1-2,4H2,(H,9,10,11). The summed E-state index contributed by atoms with van der Waals surface area (Å²) in [6, 6.07) is 0. The van der Waals surface area contributed by atoms with Gasteiger partial charge in [-0.05, 0) is 18.6 Å². The lowest BCUT2D eigenvalue weighted by Crippen LogP contribution is -2.22. The van der Waals surface area contributed by atoms with Gasteiger partial charge in [-0.25, -0.2) is 4.98 Å². The molecule has 5 heteroatoms. The first-order valence-corrected chi connectivity index (χ1v) is 6.11. The van der Waals surface area contributed by atoms with Crippen molar-refractivity contribution in [3.63, 3.8) is 0 Å². The minimum atomic E-state index is 0.109. The lowest BCUT2D eigenvalue weighted by atomic mass is 10.2. The number of rotatable bonds is 2. The molecule has 1 saturated heterocycles. The Balaban J connectivity index is 1.91. The van der Waals surface area contributed by atoms with Gasteiger partial charge in [0.1, 0.15) is 0 Å². The molecule has 0 aromatic carbocycles. The first-order valence-electron chi connectivity index (χ1n) is 4.18. The highest BCUT2D eigenvalue weighted by Crippen LogP contribution is 2.27. The molecule has 1 unspecified atom stereocenters. The number of hydrogen-bond acceptors (Lipinski definition) is 4. The zero-order chi connectivity index (χ0) is 9.10. The third-order valence-corrected chi connectivity index (χ3v) is 3.95. The van der Waals surface area contributed by atoms with E-state index >= 15 is 0 Å². The lowest BCUT2D eigenvalue weighted by Gasteiger charge is -2.06. The van der Waals surface area contributed by atoms with Crippen LogP contribution >= 0.6 is 23.1 Å². The molecule has 1 fully saturated rings. The van der Waals surface area contributed by atoms with Gasteiger partial charge in [0.2, 0.25) is 5.91 Å². The molecule has 2 heterocycles. The summed E-state index contributed by atoms with van der Waals surface area (Å²) in [5.41, 5.74) is 0. The minimum Gasteiger partial charge on any atom is -0.301 e. The average molecular weight is 214 g/mol. The van der Waals surface area contributed by atoms with Crippen LogP contribution in [0, 0.1) is 0 Å². The molecule has 1 aromatic rings. The second-order valence-corrected chi connectivity index (χ2v) is 5.03. The Morgan fingerprint density at radius 3 is 3.23 bits per heavy atom. The van der Waals surface area contributed by atoms with Crippen LogP contribution in [-0.4, -0.2) is 21.9 Å². The molecule has 1 aromatic heterocycles. The van der Waals surface area contributed by atoms with E-state index < -0.39 is 0 Å². The van der Waals surface area contributed by atoms with Crippen LogP contribution in [0.4, 0.5) is 5.13 Å². The molecule has 2 rings (SSSR count). The molecule has 1 aliphatic rings. The minimum absolute atomic E-state index is 0.109. The van der Waals surface area contributed by atoms with E-state index in [0.717, 1.165) is 18.6 Å². The number of nitrogens with zero attached hydrogens (tertiary/aromatic N) is 1. The van der Waals surface area contributed by atoms with Gasteiger partial charge < -0.3 is 5.32 Å². The summed E-state index contributed by atoms with van der Waals surface area (Å²) in [7, 11) is 0. The fourth-order valence-electron chi connectivity index (χ4n) is 1.26. The van der Waals surface area contributed by atoms with Crippen LogP contribution in [-0.2, 0) is 4.79 Å². The largest absolute Gasteiger partial charge is 0.301 e. The first kappa shape index (κ1) is 9.02. The fraction of sp³-hybridized carbons (Fsp3) is 0.500. The van der Waals surface area contributed by atoms with Gasteiger partial charge >= 0.3 is 0 Å². The van der Waals surface area contributed by atoms with Crippen LogP contribution < -0.4 is 5.32 Å². The van der Waals surface area contributed by atoms with E-state index in [1.165, 1.54) is 11.3 Å². The summed E-state index contributed by atoms with van der Waals surface area (Å²) in [5.74, 6) is 1.22. The van der Waals surface area contributed by atoms with Crippen molar-refractivity contribution in [1.29, 1.82) is 0 Å². The van der Waals surface area contributed by atoms with Gasteiger partial charge in [0.15, 0.2) is 5.13 Å². The summed E-state index contributed by atoms with van der Waals surface area (Å²) in [5, 5.41) is 5.52.